The number of anilines is 1. The van der Waals surface area contributed by atoms with Gasteiger partial charge in [0.05, 0.1) is 11.9 Å². The molecule has 1 amide bonds. The second-order valence-electron chi connectivity index (χ2n) is 3.74. The standard InChI is InChI=1S/C11H14N4O/c1-3-4-10(16)13-9-5-8-7-15(2)14-11(8)12-6-9/h5-7H,3-4H2,1-2H3,(H,13,16). The van der Waals surface area contributed by atoms with Crippen molar-refractivity contribution in [1.82, 2.24) is 14.8 Å². The highest BCUT2D eigenvalue weighted by Crippen LogP contribution is 2.14. The van der Waals surface area contributed by atoms with Crippen LogP contribution in [0.2, 0.25) is 0 Å². The third-order valence-electron chi connectivity index (χ3n) is 2.23. The van der Waals surface area contributed by atoms with Gasteiger partial charge < -0.3 is 5.32 Å². The van der Waals surface area contributed by atoms with Gasteiger partial charge in [-0.1, -0.05) is 6.92 Å². The summed E-state index contributed by atoms with van der Waals surface area (Å²) >= 11 is 0. The zero-order chi connectivity index (χ0) is 11.5. The van der Waals surface area contributed by atoms with Crippen molar-refractivity contribution in [1.29, 1.82) is 0 Å². The van der Waals surface area contributed by atoms with E-state index in [1.165, 1.54) is 0 Å². The molecule has 5 heteroatoms. The minimum atomic E-state index is 0.0209. The van der Waals surface area contributed by atoms with E-state index in [0.717, 1.165) is 17.5 Å². The van der Waals surface area contributed by atoms with Crippen LogP contribution in [-0.2, 0) is 11.8 Å². The zero-order valence-electron chi connectivity index (χ0n) is 9.40. The molecule has 5 nitrogen and oxygen atoms in total. The molecule has 84 valence electrons. The Balaban J connectivity index is 2.22. The Hall–Kier alpha value is -1.91. The minimum absolute atomic E-state index is 0.0209. The number of hydrogen-bond acceptors (Lipinski definition) is 3. The maximum Gasteiger partial charge on any atom is 0.224 e. The van der Waals surface area contributed by atoms with Gasteiger partial charge in [-0.2, -0.15) is 5.10 Å². The lowest BCUT2D eigenvalue weighted by atomic mass is 10.3. The molecule has 0 unspecified atom stereocenters. The van der Waals surface area contributed by atoms with Gasteiger partial charge >= 0.3 is 0 Å². The molecular weight excluding hydrogens is 204 g/mol. The van der Waals surface area contributed by atoms with E-state index in [2.05, 4.69) is 15.4 Å². The first-order valence-electron chi connectivity index (χ1n) is 5.28. The molecule has 0 aliphatic heterocycles. The number of nitrogens with one attached hydrogen (secondary N) is 1. The van der Waals surface area contributed by atoms with E-state index in [0.29, 0.717) is 12.1 Å². The molecule has 0 fully saturated rings. The van der Waals surface area contributed by atoms with Crippen LogP contribution in [0, 0.1) is 0 Å². The molecule has 1 N–H and O–H groups in total. The maximum atomic E-state index is 11.4. The summed E-state index contributed by atoms with van der Waals surface area (Å²) in [7, 11) is 1.84. The molecule has 0 bridgehead atoms. The average Bonchev–Trinajstić information content (AvgIpc) is 2.57. The fourth-order valence-electron chi connectivity index (χ4n) is 1.55. The normalized spacial score (nSPS) is 10.6. The number of carbonyl (C=O) groups excluding carboxylic acids is 1. The Morgan fingerprint density at radius 2 is 2.38 bits per heavy atom. The van der Waals surface area contributed by atoms with Gasteiger partial charge in [-0.25, -0.2) is 4.98 Å². The summed E-state index contributed by atoms with van der Waals surface area (Å²) in [4.78, 5) is 15.6. The Morgan fingerprint density at radius 3 is 3.12 bits per heavy atom. The highest BCUT2D eigenvalue weighted by atomic mass is 16.1. The number of hydrogen-bond donors (Lipinski definition) is 1. The van der Waals surface area contributed by atoms with Crippen molar-refractivity contribution in [2.75, 3.05) is 5.32 Å². The van der Waals surface area contributed by atoms with Crippen LogP contribution in [0.3, 0.4) is 0 Å². The van der Waals surface area contributed by atoms with Crippen molar-refractivity contribution in [2.45, 2.75) is 19.8 Å². The Labute approximate surface area is 93.5 Å². The summed E-state index contributed by atoms with van der Waals surface area (Å²) in [6, 6.07) is 1.88. The Morgan fingerprint density at radius 1 is 1.56 bits per heavy atom. The molecule has 2 rings (SSSR count). The second kappa shape index (κ2) is 4.30. The van der Waals surface area contributed by atoms with E-state index >= 15 is 0 Å². The quantitative estimate of drug-likeness (QED) is 0.853. The molecule has 0 atom stereocenters. The molecule has 0 saturated heterocycles. The van der Waals surface area contributed by atoms with Crippen molar-refractivity contribution in [3.8, 4) is 0 Å². The van der Waals surface area contributed by atoms with Crippen LogP contribution in [0.5, 0.6) is 0 Å². The summed E-state index contributed by atoms with van der Waals surface area (Å²) in [6.45, 7) is 1.97. The van der Waals surface area contributed by atoms with Gasteiger partial charge in [-0.15, -0.1) is 0 Å². The first kappa shape index (κ1) is 10.6. The van der Waals surface area contributed by atoms with Gasteiger partial charge in [-0.05, 0) is 12.5 Å². The number of carbonyl (C=O) groups is 1. The Kier molecular flexibility index (Phi) is 2.85. The van der Waals surface area contributed by atoms with Gasteiger partial charge in [0, 0.05) is 25.1 Å². The number of nitrogens with zero attached hydrogens (tertiary/aromatic N) is 3. The topological polar surface area (TPSA) is 59.8 Å². The van der Waals surface area contributed by atoms with Crippen molar-refractivity contribution < 1.29 is 4.79 Å². The summed E-state index contributed by atoms with van der Waals surface area (Å²) in [5, 5.41) is 7.90. The predicted molar refractivity (Wildman–Crippen MR) is 62.0 cm³/mol. The molecule has 0 aliphatic rings. The van der Waals surface area contributed by atoms with E-state index in [4.69, 9.17) is 0 Å². The lowest BCUT2D eigenvalue weighted by Crippen LogP contribution is -2.10. The van der Waals surface area contributed by atoms with Crippen molar-refractivity contribution in [2.24, 2.45) is 7.05 Å². The number of fused-ring (bicyclic) bond motifs is 1. The first-order valence-corrected chi connectivity index (χ1v) is 5.28. The third kappa shape index (κ3) is 2.18. The largest absolute Gasteiger partial charge is 0.325 e. The molecule has 2 aromatic rings. The van der Waals surface area contributed by atoms with Crippen LogP contribution in [0.4, 0.5) is 5.69 Å². The zero-order valence-corrected chi connectivity index (χ0v) is 9.40. The molecule has 2 aromatic heterocycles. The van der Waals surface area contributed by atoms with E-state index < -0.39 is 0 Å². The Bertz CT molecular complexity index is 518. The number of amides is 1. The molecule has 16 heavy (non-hydrogen) atoms. The van der Waals surface area contributed by atoms with Crippen LogP contribution >= 0.6 is 0 Å². The summed E-state index contributed by atoms with van der Waals surface area (Å²) in [5.41, 5.74) is 1.41. The van der Waals surface area contributed by atoms with E-state index in [1.807, 2.05) is 26.2 Å². The first-order chi connectivity index (χ1) is 7.69. The van der Waals surface area contributed by atoms with E-state index in [-0.39, 0.29) is 5.91 Å². The third-order valence-corrected chi connectivity index (χ3v) is 2.23. The molecule has 0 radical (unpaired) electrons. The molecular formula is C11H14N4O. The number of aromatic nitrogens is 3. The number of rotatable bonds is 3. The van der Waals surface area contributed by atoms with Crippen molar-refractivity contribution >= 4 is 22.6 Å². The van der Waals surface area contributed by atoms with E-state index in [1.54, 1.807) is 10.9 Å². The average molecular weight is 218 g/mol. The van der Waals surface area contributed by atoms with Crippen LogP contribution in [0.15, 0.2) is 18.5 Å². The van der Waals surface area contributed by atoms with Crippen LogP contribution < -0.4 is 5.32 Å². The number of pyridine rings is 1. The van der Waals surface area contributed by atoms with Crippen LogP contribution in [0.1, 0.15) is 19.8 Å². The van der Waals surface area contributed by atoms with Crippen LogP contribution in [0.25, 0.3) is 11.0 Å². The lowest BCUT2D eigenvalue weighted by Gasteiger charge is -2.02. The summed E-state index contributed by atoms with van der Waals surface area (Å²) in [6.07, 6.45) is 4.88. The van der Waals surface area contributed by atoms with Gasteiger partial charge in [0.15, 0.2) is 5.65 Å². The second-order valence-corrected chi connectivity index (χ2v) is 3.74. The molecule has 0 aromatic carbocycles. The van der Waals surface area contributed by atoms with Gasteiger partial charge in [0.1, 0.15) is 0 Å². The van der Waals surface area contributed by atoms with E-state index in [9.17, 15) is 4.79 Å². The summed E-state index contributed by atoms with van der Waals surface area (Å²) in [5.74, 6) is 0.0209. The highest BCUT2D eigenvalue weighted by molar-refractivity contribution is 5.92. The molecule has 0 spiro atoms. The van der Waals surface area contributed by atoms with Gasteiger partial charge in [0.25, 0.3) is 0 Å². The van der Waals surface area contributed by atoms with Crippen molar-refractivity contribution in [3.05, 3.63) is 18.5 Å². The molecule has 0 aliphatic carbocycles. The fraction of sp³-hybridized carbons (Fsp3) is 0.364. The fourth-order valence-corrected chi connectivity index (χ4v) is 1.55. The maximum absolute atomic E-state index is 11.4. The monoisotopic (exact) mass is 218 g/mol. The molecule has 0 saturated carbocycles. The predicted octanol–water partition coefficient (Wildman–Crippen LogP) is 1.71. The van der Waals surface area contributed by atoms with Gasteiger partial charge in [-0.3, -0.25) is 9.48 Å². The summed E-state index contributed by atoms with van der Waals surface area (Å²) < 4.78 is 1.70. The minimum Gasteiger partial charge on any atom is -0.325 e. The van der Waals surface area contributed by atoms with Crippen LogP contribution in [-0.4, -0.2) is 20.7 Å². The SMILES string of the molecule is CCCC(=O)Nc1cnc2nn(C)cc2c1. The molecule has 2 heterocycles. The van der Waals surface area contributed by atoms with Gasteiger partial charge in [0.2, 0.25) is 5.91 Å². The van der Waals surface area contributed by atoms with Crippen molar-refractivity contribution in [3.63, 3.8) is 0 Å². The smallest absolute Gasteiger partial charge is 0.224 e. The lowest BCUT2D eigenvalue weighted by molar-refractivity contribution is -0.116. The number of aryl methyl sites for hydroxylation is 1. The highest BCUT2D eigenvalue weighted by Gasteiger charge is 2.04.